The lowest BCUT2D eigenvalue weighted by Gasteiger charge is -2.32. The minimum atomic E-state index is 0.0960. The van der Waals surface area contributed by atoms with Gasteiger partial charge < -0.3 is 9.32 Å². The molecule has 3 aromatic rings. The van der Waals surface area contributed by atoms with Crippen molar-refractivity contribution in [2.45, 2.75) is 32.5 Å². The number of nitrogens with zero attached hydrogens (tertiary/aromatic N) is 4. The van der Waals surface area contributed by atoms with Gasteiger partial charge in [-0.25, -0.2) is 9.97 Å². The Hall–Kier alpha value is -2.99. The summed E-state index contributed by atoms with van der Waals surface area (Å²) in [4.78, 5) is 26.6. The highest BCUT2D eigenvalue weighted by atomic mass is 16.3. The van der Waals surface area contributed by atoms with Crippen molar-refractivity contribution < 1.29 is 9.21 Å². The van der Waals surface area contributed by atoms with Crippen LogP contribution in [0.2, 0.25) is 0 Å². The molecule has 1 aromatic carbocycles. The van der Waals surface area contributed by atoms with Gasteiger partial charge in [-0.2, -0.15) is 0 Å². The molecule has 29 heavy (non-hydrogen) atoms. The van der Waals surface area contributed by atoms with E-state index in [4.69, 9.17) is 9.40 Å². The average molecular weight is 388 g/mol. The number of fused-ring (bicyclic) bond motifs is 1. The van der Waals surface area contributed by atoms with Gasteiger partial charge in [0, 0.05) is 29.8 Å². The fraction of sp³-hybridized carbons (Fsp3) is 0.348. The molecule has 1 amide bonds. The number of amides is 1. The van der Waals surface area contributed by atoms with Gasteiger partial charge in [-0.15, -0.1) is 0 Å². The predicted molar refractivity (Wildman–Crippen MR) is 108 cm³/mol. The van der Waals surface area contributed by atoms with Gasteiger partial charge in [-0.3, -0.25) is 9.69 Å². The lowest BCUT2D eigenvalue weighted by Crippen LogP contribution is -2.40. The van der Waals surface area contributed by atoms with Gasteiger partial charge >= 0.3 is 0 Å². The molecule has 0 N–H and O–H groups in total. The highest BCUT2D eigenvalue weighted by Crippen LogP contribution is 2.28. The number of aromatic nitrogens is 2. The monoisotopic (exact) mass is 388 g/mol. The Bertz CT molecular complexity index is 979. The molecular weight excluding hydrogens is 364 g/mol. The van der Waals surface area contributed by atoms with Crippen molar-refractivity contribution in [1.29, 1.82) is 0 Å². The van der Waals surface area contributed by atoms with E-state index in [1.165, 1.54) is 0 Å². The third-order valence-electron chi connectivity index (χ3n) is 5.90. The number of furan rings is 1. The third-order valence-corrected chi connectivity index (χ3v) is 5.90. The van der Waals surface area contributed by atoms with E-state index in [9.17, 15) is 4.79 Å². The fourth-order valence-corrected chi connectivity index (χ4v) is 4.25. The van der Waals surface area contributed by atoms with Gasteiger partial charge in [0.15, 0.2) is 5.82 Å². The van der Waals surface area contributed by atoms with Crippen molar-refractivity contribution in [3.05, 3.63) is 71.9 Å². The summed E-state index contributed by atoms with van der Waals surface area (Å²) in [6.07, 6.45) is 5.38. The summed E-state index contributed by atoms with van der Waals surface area (Å²) in [7, 11) is 0. The number of benzene rings is 1. The number of hydrogen-bond donors (Lipinski definition) is 0. The first-order valence-corrected chi connectivity index (χ1v) is 10.2. The summed E-state index contributed by atoms with van der Waals surface area (Å²) in [6, 6.07) is 13.9. The summed E-state index contributed by atoms with van der Waals surface area (Å²) in [5.41, 5.74) is 3.04. The number of carbonyl (C=O) groups is 1. The molecule has 1 fully saturated rings. The smallest absolute Gasteiger partial charge is 0.226 e. The van der Waals surface area contributed by atoms with Crippen LogP contribution in [0, 0.1) is 5.92 Å². The van der Waals surface area contributed by atoms with E-state index in [-0.39, 0.29) is 11.8 Å². The molecule has 0 saturated carbocycles. The summed E-state index contributed by atoms with van der Waals surface area (Å²) in [6.45, 7) is 3.88. The predicted octanol–water partition coefficient (Wildman–Crippen LogP) is 3.49. The van der Waals surface area contributed by atoms with Crippen molar-refractivity contribution in [1.82, 2.24) is 19.8 Å². The molecule has 0 radical (unpaired) electrons. The van der Waals surface area contributed by atoms with Gasteiger partial charge in [0.25, 0.3) is 0 Å². The minimum absolute atomic E-state index is 0.0960. The molecule has 2 aromatic heterocycles. The van der Waals surface area contributed by atoms with E-state index >= 15 is 0 Å². The number of hydrogen-bond acceptors (Lipinski definition) is 5. The molecule has 0 spiro atoms. The maximum atomic E-state index is 13.1. The summed E-state index contributed by atoms with van der Waals surface area (Å²) < 4.78 is 5.44. The van der Waals surface area contributed by atoms with Crippen molar-refractivity contribution in [2.75, 3.05) is 13.1 Å². The van der Waals surface area contributed by atoms with Crippen molar-refractivity contribution in [3.63, 3.8) is 0 Å². The summed E-state index contributed by atoms with van der Waals surface area (Å²) in [5.74, 6) is 2.06. The Labute approximate surface area is 170 Å². The second-order valence-corrected chi connectivity index (χ2v) is 7.86. The van der Waals surface area contributed by atoms with Crippen LogP contribution in [0.5, 0.6) is 0 Å². The first kappa shape index (κ1) is 18.1. The van der Waals surface area contributed by atoms with Crippen LogP contribution in [0.15, 0.2) is 59.3 Å². The van der Waals surface area contributed by atoms with E-state index in [1.54, 1.807) is 6.26 Å². The van der Waals surface area contributed by atoms with E-state index in [0.717, 1.165) is 60.9 Å². The first-order valence-electron chi connectivity index (χ1n) is 10.2. The second kappa shape index (κ2) is 7.79. The number of carbonyl (C=O) groups excluding carboxylic acids is 1. The van der Waals surface area contributed by atoms with Gasteiger partial charge in [0.1, 0.15) is 5.76 Å². The summed E-state index contributed by atoms with van der Waals surface area (Å²) >= 11 is 0. The zero-order chi connectivity index (χ0) is 19.6. The minimum Gasteiger partial charge on any atom is -0.468 e. The van der Waals surface area contributed by atoms with Crippen molar-refractivity contribution >= 4 is 5.91 Å². The number of likely N-dealkylation sites (tertiary alicyclic amines) is 1. The van der Waals surface area contributed by atoms with Crippen molar-refractivity contribution in [2.24, 2.45) is 5.92 Å². The molecule has 2 aliphatic rings. The lowest BCUT2D eigenvalue weighted by atomic mass is 9.95. The van der Waals surface area contributed by atoms with E-state index < -0.39 is 0 Å². The maximum Gasteiger partial charge on any atom is 0.226 e. The Morgan fingerprint density at radius 1 is 1.07 bits per heavy atom. The molecular formula is C23H24N4O2. The molecule has 0 atom stereocenters. The van der Waals surface area contributed by atoms with Crippen molar-refractivity contribution in [3.8, 4) is 11.4 Å². The second-order valence-electron chi connectivity index (χ2n) is 7.86. The van der Waals surface area contributed by atoms with Crippen LogP contribution in [0.4, 0.5) is 0 Å². The first-order chi connectivity index (χ1) is 14.3. The van der Waals surface area contributed by atoms with Crippen LogP contribution in [-0.2, 0) is 24.4 Å². The molecule has 0 unspecified atom stereocenters. The van der Waals surface area contributed by atoms with Crippen LogP contribution >= 0.6 is 0 Å². The van der Waals surface area contributed by atoms with Crippen LogP contribution in [0.1, 0.15) is 29.9 Å². The Kier molecular flexibility index (Phi) is 4.86. The molecule has 6 heteroatoms. The normalized spacial score (nSPS) is 17.4. The molecule has 0 aliphatic carbocycles. The van der Waals surface area contributed by atoms with E-state index in [1.807, 2.05) is 53.6 Å². The van der Waals surface area contributed by atoms with Gasteiger partial charge in [-0.1, -0.05) is 30.3 Å². The molecule has 2 aliphatic heterocycles. The highest BCUT2D eigenvalue weighted by molar-refractivity contribution is 5.79. The highest BCUT2D eigenvalue weighted by Gasteiger charge is 2.32. The van der Waals surface area contributed by atoms with Crippen LogP contribution < -0.4 is 0 Å². The molecule has 1 saturated heterocycles. The number of rotatable bonds is 4. The Balaban J connectivity index is 1.20. The van der Waals surface area contributed by atoms with E-state index in [2.05, 4.69) is 9.88 Å². The fourth-order valence-electron chi connectivity index (χ4n) is 4.25. The van der Waals surface area contributed by atoms with Gasteiger partial charge in [-0.05, 0) is 38.1 Å². The van der Waals surface area contributed by atoms with Crippen LogP contribution in [0.3, 0.4) is 0 Å². The molecule has 0 bridgehead atoms. The number of piperidine rings is 1. The van der Waals surface area contributed by atoms with Gasteiger partial charge in [0.05, 0.1) is 25.0 Å². The van der Waals surface area contributed by atoms with Crippen LogP contribution in [-0.4, -0.2) is 38.8 Å². The van der Waals surface area contributed by atoms with Gasteiger partial charge in [0.2, 0.25) is 5.91 Å². The molecule has 4 heterocycles. The molecule has 6 nitrogen and oxygen atoms in total. The maximum absolute atomic E-state index is 13.1. The Morgan fingerprint density at radius 2 is 1.90 bits per heavy atom. The topological polar surface area (TPSA) is 62.5 Å². The molecule has 148 valence electrons. The van der Waals surface area contributed by atoms with Crippen LogP contribution in [0.25, 0.3) is 11.4 Å². The zero-order valence-electron chi connectivity index (χ0n) is 16.3. The summed E-state index contributed by atoms with van der Waals surface area (Å²) in [5, 5.41) is 0. The SMILES string of the molecule is O=C(C1CCN(Cc2ccco2)CC1)N1Cc2cnc(-c3ccccc3)nc2C1. The molecule has 5 rings (SSSR count). The van der Waals surface area contributed by atoms with E-state index in [0.29, 0.717) is 13.1 Å². The third kappa shape index (κ3) is 3.80. The standard InChI is InChI=1S/C23H24N4O2/c28-23(18-8-10-26(11-9-18)15-20-7-4-12-29-20)27-14-19-13-24-22(25-21(19)16-27)17-5-2-1-3-6-17/h1-7,12-13,18H,8-11,14-16H2. The lowest BCUT2D eigenvalue weighted by molar-refractivity contribution is -0.137. The largest absolute Gasteiger partial charge is 0.468 e. The zero-order valence-corrected chi connectivity index (χ0v) is 16.3. The Morgan fingerprint density at radius 3 is 2.66 bits per heavy atom. The average Bonchev–Trinajstić information content (AvgIpc) is 3.43. The quantitative estimate of drug-likeness (QED) is 0.685.